The second-order valence-corrected chi connectivity index (χ2v) is 7.29. The van der Waals surface area contributed by atoms with Gasteiger partial charge in [-0.2, -0.15) is 4.98 Å². The summed E-state index contributed by atoms with van der Waals surface area (Å²) in [5, 5.41) is 7.11. The summed E-state index contributed by atoms with van der Waals surface area (Å²) in [7, 11) is 0. The number of nitrogens with zero attached hydrogens (tertiary/aromatic N) is 3. The average Bonchev–Trinajstić information content (AvgIpc) is 3.18. The number of likely N-dealkylation sites (tertiary alicyclic amines) is 1. The van der Waals surface area contributed by atoms with Crippen molar-refractivity contribution >= 4 is 11.6 Å². The topological polar surface area (TPSA) is 71.3 Å². The van der Waals surface area contributed by atoms with Crippen molar-refractivity contribution in [3.63, 3.8) is 0 Å². The van der Waals surface area contributed by atoms with Crippen molar-refractivity contribution in [2.75, 3.05) is 18.4 Å². The maximum atomic E-state index is 12.5. The van der Waals surface area contributed by atoms with Crippen molar-refractivity contribution in [3.8, 4) is 11.4 Å². The Morgan fingerprint density at radius 2 is 1.93 bits per heavy atom. The molecule has 28 heavy (non-hydrogen) atoms. The van der Waals surface area contributed by atoms with E-state index in [1.807, 2.05) is 61.5 Å². The van der Waals surface area contributed by atoms with Gasteiger partial charge in [-0.3, -0.25) is 9.69 Å². The van der Waals surface area contributed by atoms with E-state index in [0.717, 1.165) is 42.7 Å². The molecule has 1 aliphatic rings. The highest BCUT2D eigenvalue weighted by Crippen LogP contribution is 2.22. The van der Waals surface area contributed by atoms with Gasteiger partial charge in [0.05, 0.1) is 6.54 Å². The standard InChI is InChI=1S/C22H24N4O2/c1-16-6-5-9-19(14-16)23-22(27)18-10-12-26(13-11-18)15-20-24-21(25-28-20)17-7-3-2-4-8-17/h2-9,14,18H,10-13,15H2,1H3,(H,23,27). The van der Waals surface area contributed by atoms with Crippen molar-refractivity contribution in [3.05, 3.63) is 66.1 Å². The molecular formula is C22H24N4O2. The molecule has 1 amide bonds. The molecule has 0 bridgehead atoms. The highest BCUT2D eigenvalue weighted by Gasteiger charge is 2.26. The largest absolute Gasteiger partial charge is 0.338 e. The Labute approximate surface area is 164 Å². The van der Waals surface area contributed by atoms with Gasteiger partial charge in [0.15, 0.2) is 0 Å². The number of piperidine rings is 1. The van der Waals surface area contributed by atoms with E-state index in [1.54, 1.807) is 0 Å². The van der Waals surface area contributed by atoms with Gasteiger partial charge in [0.1, 0.15) is 0 Å². The molecule has 0 atom stereocenters. The normalized spacial score (nSPS) is 15.5. The molecular weight excluding hydrogens is 352 g/mol. The lowest BCUT2D eigenvalue weighted by atomic mass is 9.96. The zero-order chi connectivity index (χ0) is 19.3. The zero-order valence-electron chi connectivity index (χ0n) is 16.0. The van der Waals surface area contributed by atoms with E-state index in [2.05, 4.69) is 20.4 Å². The second kappa shape index (κ2) is 8.35. The summed E-state index contributed by atoms with van der Waals surface area (Å²) in [5.74, 6) is 1.37. The number of aromatic nitrogens is 2. The van der Waals surface area contributed by atoms with Crippen LogP contribution in [0.3, 0.4) is 0 Å². The number of aryl methyl sites for hydroxylation is 1. The van der Waals surface area contributed by atoms with Crippen LogP contribution in [0.1, 0.15) is 24.3 Å². The lowest BCUT2D eigenvalue weighted by Crippen LogP contribution is -2.37. The Balaban J connectivity index is 1.28. The lowest BCUT2D eigenvalue weighted by molar-refractivity contribution is -0.121. The third-order valence-corrected chi connectivity index (χ3v) is 5.10. The summed E-state index contributed by atoms with van der Waals surface area (Å²) in [5.41, 5.74) is 2.96. The molecule has 3 aromatic rings. The van der Waals surface area contributed by atoms with E-state index in [-0.39, 0.29) is 11.8 Å². The first kappa shape index (κ1) is 18.4. The Morgan fingerprint density at radius 3 is 2.68 bits per heavy atom. The number of carbonyl (C=O) groups is 1. The van der Waals surface area contributed by atoms with Crippen LogP contribution >= 0.6 is 0 Å². The summed E-state index contributed by atoms with van der Waals surface area (Å²) < 4.78 is 5.40. The molecule has 4 rings (SSSR count). The summed E-state index contributed by atoms with van der Waals surface area (Å²) in [6.07, 6.45) is 1.66. The van der Waals surface area contributed by atoms with Crippen LogP contribution < -0.4 is 5.32 Å². The summed E-state index contributed by atoms with van der Waals surface area (Å²) in [4.78, 5) is 19.3. The molecule has 144 valence electrons. The molecule has 0 radical (unpaired) electrons. The predicted molar refractivity (Wildman–Crippen MR) is 108 cm³/mol. The first-order valence-corrected chi connectivity index (χ1v) is 9.65. The van der Waals surface area contributed by atoms with Crippen LogP contribution in [0.4, 0.5) is 5.69 Å². The lowest BCUT2D eigenvalue weighted by Gasteiger charge is -2.30. The fourth-order valence-corrected chi connectivity index (χ4v) is 3.54. The minimum atomic E-state index is 0.0410. The number of rotatable bonds is 5. The molecule has 0 saturated carbocycles. The van der Waals surface area contributed by atoms with Gasteiger partial charge in [-0.15, -0.1) is 0 Å². The van der Waals surface area contributed by atoms with Gasteiger partial charge < -0.3 is 9.84 Å². The van der Waals surface area contributed by atoms with Gasteiger partial charge in [-0.1, -0.05) is 47.6 Å². The van der Waals surface area contributed by atoms with Crippen LogP contribution in [0.5, 0.6) is 0 Å². The molecule has 1 saturated heterocycles. The Kier molecular flexibility index (Phi) is 5.48. The number of hydrogen-bond donors (Lipinski definition) is 1. The number of amides is 1. The van der Waals surface area contributed by atoms with Gasteiger partial charge in [0.25, 0.3) is 0 Å². The fraction of sp³-hybridized carbons (Fsp3) is 0.318. The van der Waals surface area contributed by atoms with Crippen molar-refractivity contribution < 1.29 is 9.32 Å². The minimum absolute atomic E-state index is 0.0410. The highest BCUT2D eigenvalue weighted by atomic mass is 16.5. The number of carbonyl (C=O) groups excluding carboxylic acids is 1. The molecule has 0 aliphatic carbocycles. The van der Waals surface area contributed by atoms with Crippen LogP contribution in [0.2, 0.25) is 0 Å². The number of benzene rings is 2. The van der Waals surface area contributed by atoms with Gasteiger partial charge in [-0.25, -0.2) is 0 Å². The average molecular weight is 376 g/mol. The molecule has 6 nitrogen and oxygen atoms in total. The third-order valence-electron chi connectivity index (χ3n) is 5.10. The van der Waals surface area contributed by atoms with E-state index in [1.165, 1.54) is 0 Å². The van der Waals surface area contributed by atoms with Gasteiger partial charge in [0.2, 0.25) is 17.6 Å². The summed E-state index contributed by atoms with van der Waals surface area (Å²) in [6.45, 7) is 4.32. The first-order chi connectivity index (χ1) is 13.7. The Morgan fingerprint density at radius 1 is 1.14 bits per heavy atom. The van der Waals surface area contributed by atoms with Crippen LogP contribution in [0, 0.1) is 12.8 Å². The monoisotopic (exact) mass is 376 g/mol. The highest BCUT2D eigenvalue weighted by molar-refractivity contribution is 5.92. The zero-order valence-corrected chi connectivity index (χ0v) is 16.0. The van der Waals surface area contributed by atoms with E-state index in [0.29, 0.717) is 18.3 Å². The van der Waals surface area contributed by atoms with Crippen LogP contribution in [-0.4, -0.2) is 34.0 Å². The van der Waals surface area contributed by atoms with Gasteiger partial charge >= 0.3 is 0 Å². The van der Waals surface area contributed by atoms with Crippen molar-refractivity contribution in [2.24, 2.45) is 5.92 Å². The van der Waals surface area contributed by atoms with E-state index in [9.17, 15) is 4.79 Å². The maximum Gasteiger partial charge on any atom is 0.241 e. The smallest absolute Gasteiger partial charge is 0.241 e. The number of anilines is 1. The minimum Gasteiger partial charge on any atom is -0.338 e. The summed E-state index contributed by atoms with van der Waals surface area (Å²) >= 11 is 0. The van der Waals surface area contributed by atoms with Crippen molar-refractivity contribution in [2.45, 2.75) is 26.3 Å². The fourth-order valence-electron chi connectivity index (χ4n) is 3.54. The Bertz CT molecular complexity index is 930. The predicted octanol–water partition coefficient (Wildman–Crippen LogP) is 3.90. The van der Waals surface area contributed by atoms with E-state index >= 15 is 0 Å². The van der Waals surface area contributed by atoms with Crippen molar-refractivity contribution in [1.82, 2.24) is 15.0 Å². The molecule has 2 aromatic carbocycles. The molecule has 6 heteroatoms. The van der Waals surface area contributed by atoms with Crippen molar-refractivity contribution in [1.29, 1.82) is 0 Å². The molecule has 1 aromatic heterocycles. The Hall–Kier alpha value is -2.99. The first-order valence-electron chi connectivity index (χ1n) is 9.65. The summed E-state index contributed by atoms with van der Waals surface area (Å²) in [6, 6.07) is 17.7. The third kappa shape index (κ3) is 4.46. The molecule has 2 heterocycles. The van der Waals surface area contributed by atoms with Gasteiger partial charge in [-0.05, 0) is 50.6 Å². The quantitative estimate of drug-likeness (QED) is 0.731. The van der Waals surface area contributed by atoms with Crippen LogP contribution in [0.25, 0.3) is 11.4 Å². The molecule has 1 fully saturated rings. The number of nitrogens with one attached hydrogen (secondary N) is 1. The van der Waals surface area contributed by atoms with E-state index in [4.69, 9.17) is 4.52 Å². The van der Waals surface area contributed by atoms with E-state index < -0.39 is 0 Å². The number of hydrogen-bond acceptors (Lipinski definition) is 5. The van der Waals surface area contributed by atoms with Crippen LogP contribution in [-0.2, 0) is 11.3 Å². The molecule has 0 spiro atoms. The SMILES string of the molecule is Cc1cccc(NC(=O)C2CCN(Cc3nc(-c4ccccc4)no3)CC2)c1. The second-order valence-electron chi connectivity index (χ2n) is 7.29. The molecule has 1 aliphatic heterocycles. The maximum absolute atomic E-state index is 12.5. The molecule has 0 unspecified atom stereocenters. The van der Waals surface area contributed by atoms with Gasteiger partial charge in [0, 0.05) is 17.2 Å². The van der Waals surface area contributed by atoms with Crippen LogP contribution in [0.15, 0.2) is 59.1 Å². The molecule has 1 N–H and O–H groups in total.